The van der Waals surface area contributed by atoms with Gasteiger partial charge in [0.15, 0.2) is 5.96 Å². The van der Waals surface area contributed by atoms with E-state index < -0.39 is 0 Å². The molecule has 1 aliphatic heterocycles. The Hall–Kier alpha value is -2.59. The van der Waals surface area contributed by atoms with Crippen LogP contribution >= 0.6 is 24.0 Å². The van der Waals surface area contributed by atoms with Crippen molar-refractivity contribution in [2.75, 3.05) is 37.6 Å². The van der Waals surface area contributed by atoms with E-state index in [0.29, 0.717) is 13.1 Å². The summed E-state index contributed by atoms with van der Waals surface area (Å²) in [6.45, 7) is 9.49. The van der Waals surface area contributed by atoms with Gasteiger partial charge in [-0.05, 0) is 36.2 Å². The van der Waals surface area contributed by atoms with Crippen molar-refractivity contribution >= 4 is 35.6 Å². The molecule has 0 bridgehead atoms. The Balaban J connectivity index is 0.00000324. The number of hydrogen-bond acceptors (Lipinski definition) is 4. The van der Waals surface area contributed by atoms with Gasteiger partial charge in [-0.15, -0.1) is 24.0 Å². The second-order valence-electron chi connectivity index (χ2n) is 8.36. The quantitative estimate of drug-likeness (QED) is 0.245. The van der Waals surface area contributed by atoms with Crippen molar-refractivity contribution in [2.45, 2.75) is 26.6 Å². The summed E-state index contributed by atoms with van der Waals surface area (Å²) in [6, 6.07) is 21.4. The average molecular weight is 574 g/mol. The molecule has 0 spiro atoms. The molecule has 1 fully saturated rings. The van der Waals surface area contributed by atoms with E-state index >= 15 is 0 Å². The molecular weight excluding hydrogens is 537 g/mol. The van der Waals surface area contributed by atoms with Gasteiger partial charge in [0, 0.05) is 58.2 Å². The van der Waals surface area contributed by atoms with Gasteiger partial charge in [-0.2, -0.15) is 5.10 Å². The summed E-state index contributed by atoms with van der Waals surface area (Å²) in [5.74, 6) is 0.824. The van der Waals surface area contributed by atoms with Gasteiger partial charge in [-0.1, -0.05) is 42.5 Å². The number of benzene rings is 2. The lowest BCUT2D eigenvalue weighted by atomic mass is 10.1. The number of aliphatic imine (C=N–C) groups is 1. The van der Waals surface area contributed by atoms with Crippen LogP contribution in [0.5, 0.6) is 0 Å². The molecule has 0 atom stereocenters. The molecule has 8 heteroatoms. The second-order valence-corrected chi connectivity index (χ2v) is 8.36. The maximum absolute atomic E-state index is 4.86. The predicted molar refractivity (Wildman–Crippen MR) is 151 cm³/mol. The number of halogens is 1. The number of nitrogens with zero attached hydrogens (tertiary/aromatic N) is 5. The van der Waals surface area contributed by atoms with E-state index in [-0.39, 0.29) is 24.0 Å². The number of aryl methyl sites for hydroxylation is 1. The largest absolute Gasteiger partial charge is 0.369 e. The van der Waals surface area contributed by atoms with Gasteiger partial charge in [0.2, 0.25) is 0 Å². The number of aromatic nitrogens is 2. The molecule has 7 nitrogen and oxygen atoms in total. The lowest BCUT2D eigenvalue weighted by Gasteiger charge is -2.36. The monoisotopic (exact) mass is 573 g/mol. The van der Waals surface area contributed by atoms with Crippen LogP contribution < -0.4 is 15.5 Å². The van der Waals surface area contributed by atoms with E-state index in [0.717, 1.165) is 50.9 Å². The highest BCUT2D eigenvalue weighted by atomic mass is 127. The van der Waals surface area contributed by atoms with Crippen molar-refractivity contribution in [1.29, 1.82) is 0 Å². The fourth-order valence-electron chi connectivity index (χ4n) is 4.16. The maximum atomic E-state index is 4.86. The van der Waals surface area contributed by atoms with E-state index in [1.807, 2.05) is 24.0 Å². The molecule has 0 radical (unpaired) electrons. The average Bonchev–Trinajstić information content (AvgIpc) is 3.27. The predicted octanol–water partition coefficient (Wildman–Crippen LogP) is 3.62. The van der Waals surface area contributed by atoms with Crippen molar-refractivity contribution in [2.24, 2.45) is 12.0 Å². The van der Waals surface area contributed by atoms with Crippen LogP contribution in [-0.2, 0) is 26.7 Å². The van der Waals surface area contributed by atoms with E-state index in [9.17, 15) is 0 Å². The van der Waals surface area contributed by atoms with E-state index in [4.69, 9.17) is 4.99 Å². The fourth-order valence-corrected chi connectivity index (χ4v) is 4.16. The first-order valence-electron chi connectivity index (χ1n) is 11.8. The van der Waals surface area contributed by atoms with Crippen LogP contribution in [0.25, 0.3) is 0 Å². The van der Waals surface area contributed by atoms with Gasteiger partial charge in [0.25, 0.3) is 0 Å². The molecule has 2 N–H and O–H groups in total. The summed E-state index contributed by atoms with van der Waals surface area (Å²) in [5.41, 5.74) is 5.08. The van der Waals surface area contributed by atoms with Crippen LogP contribution in [0.4, 0.5) is 5.69 Å². The summed E-state index contributed by atoms with van der Waals surface area (Å²) in [7, 11) is 1.96. The third kappa shape index (κ3) is 7.20. The minimum atomic E-state index is 0. The van der Waals surface area contributed by atoms with Crippen LogP contribution in [0.3, 0.4) is 0 Å². The fraction of sp³-hybridized carbons (Fsp3) is 0.385. The third-order valence-corrected chi connectivity index (χ3v) is 6.12. The standard InChI is InChI=1S/C26H35N7.HI/c1-3-27-26(29-20-25-13-14-30-31(25)2)28-19-22-9-7-8-10-23(22)21-32-15-17-33(18-16-32)24-11-5-4-6-12-24;/h4-14H,3,15-21H2,1-2H3,(H2,27,28,29);1H. The first kappa shape index (κ1) is 26.0. The van der Waals surface area contributed by atoms with Crippen molar-refractivity contribution in [3.8, 4) is 0 Å². The highest BCUT2D eigenvalue weighted by Crippen LogP contribution is 2.18. The molecule has 1 aromatic heterocycles. The van der Waals surface area contributed by atoms with Gasteiger partial charge in [0.1, 0.15) is 0 Å². The van der Waals surface area contributed by atoms with Gasteiger partial charge in [-0.3, -0.25) is 9.58 Å². The summed E-state index contributed by atoms with van der Waals surface area (Å²) in [6.07, 6.45) is 1.82. The number of hydrogen-bond donors (Lipinski definition) is 2. The minimum absolute atomic E-state index is 0. The SMILES string of the molecule is CCNC(=NCc1ccccc1CN1CCN(c2ccccc2)CC1)NCc1ccnn1C.I. The van der Waals surface area contributed by atoms with Crippen LogP contribution in [0.1, 0.15) is 23.7 Å². The molecule has 0 saturated carbocycles. The smallest absolute Gasteiger partial charge is 0.191 e. The molecule has 0 aliphatic carbocycles. The number of piperazine rings is 1. The zero-order valence-electron chi connectivity index (χ0n) is 20.2. The summed E-state index contributed by atoms with van der Waals surface area (Å²) < 4.78 is 1.88. The molecule has 182 valence electrons. The summed E-state index contributed by atoms with van der Waals surface area (Å²) in [4.78, 5) is 9.88. The Morgan fingerprint density at radius 1 is 0.912 bits per heavy atom. The van der Waals surface area contributed by atoms with E-state index in [1.54, 1.807) is 0 Å². The molecule has 1 aliphatic rings. The van der Waals surface area contributed by atoms with Crippen molar-refractivity contribution in [3.63, 3.8) is 0 Å². The highest BCUT2D eigenvalue weighted by molar-refractivity contribution is 14.0. The van der Waals surface area contributed by atoms with Crippen LogP contribution in [-0.4, -0.2) is 53.4 Å². The first-order chi connectivity index (χ1) is 16.2. The zero-order chi connectivity index (χ0) is 22.9. The molecule has 0 unspecified atom stereocenters. The third-order valence-electron chi connectivity index (χ3n) is 6.12. The Morgan fingerprint density at radius 3 is 2.29 bits per heavy atom. The van der Waals surface area contributed by atoms with Crippen LogP contribution in [0, 0.1) is 0 Å². The van der Waals surface area contributed by atoms with E-state index in [1.165, 1.54) is 16.8 Å². The molecule has 4 rings (SSSR count). The molecular formula is C26H36IN7. The Kier molecular flexibility index (Phi) is 10.2. The van der Waals surface area contributed by atoms with E-state index in [2.05, 4.69) is 87.1 Å². The Bertz CT molecular complexity index is 1030. The maximum Gasteiger partial charge on any atom is 0.191 e. The van der Waals surface area contributed by atoms with Gasteiger partial charge < -0.3 is 15.5 Å². The molecule has 3 aromatic rings. The lowest BCUT2D eigenvalue weighted by Crippen LogP contribution is -2.46. The lowest BCUT2D eigenvalue weighted by molar-refractivity contribution is 0.249. The topological polar surface area (TPSA) is 60.7 Å². The molecule has 34 heavy (non-hydrogen) atoms. The number of nitrogens with one attached hydrogen (secondary N) is 2. The highest BCUT2D eigenvalue weighted by Gasteiger charge is 2.18. The summed E-state index contributed by atoms with van der Waals surface area (Å²) in [5, 5.41) is 11.0. The minimum Gasteiger partial charge on any atom is -0.369 e. The van der Waals surface area contributed by atoms with Crippen molar-refractivity contribution < 1.29 is 0 Å². The zero-order valence-corrected chi connectivity index (χ0v) is 22.5. The first-order valence-corrected chi connectivity index (χ1v) is 11.8. The van der Waals surface area contributed by atoms with Crippen LogP contribution in [0.2, 0.25) is 0 Å². The van der Waals surface area contributed by atoms with Crippen molar-refractivity contribution in [1.82, 2.24) is 25.3 Å². The van der Waals surface area contributed by atoms with Gasteiger partial charge in [0.05, 0.1) is 18.8 Å². The normalized spacial score (nSPS) is 14.5. The summed E-state index contributed by atoms with van der Waals surface area (Å²) >= 11 is 0. The van der Waals surface area contributed by atoms with Crippen molar-refractivity contribution in [3.05, 3.63) is 83.7 Å². The molecule has 2 aromatic carbocycles. The number of rotatable bonds is 8. The number of para-hydroxylation sites is 1. The number of anilines is 1. The Labute approximate surface area is 220 Å². The second kappa shape index (κ2) is 13.3. The molecule has 1 saturated heterocycles. The van der Waals surface area contributed by atoms with Gasteiger partial charge >= 0.3 is 0 Å². The Morgan fingerprint density at radius 2 is 1.62 bits per heavy atom. The van der Waals surface area contributed by atoms with Gasteiger partial charge in [-0.25, -0.2) is 4.99 Å². The molecule has 2 heterocycles. The molecule has 0 amide bonds. The number of guanidine groups is 1. The van der Waals surface area contributed by atoms with Crippen LogP contribution in [0.15, 0.2) is 71.9 Å².